The number of anilines is 2. The van der Waals surface area contributed by atoms with Gasteiger partial charge in [0.05, 0.1) is 24.8 Å². The number of carbonyl (C=O) groups is 1. The maximum atomic E-state index is 11.2. The van der Waals surface area contributed by atoms with Crippen molar-refractivity contribution >= 4 is 35.3 Å². The molecule has 8 nitrogen and oxygen atoms in total. The Morgan fingerprint density at radius 3 is 2.90 bits per heavy atom. The van der Waals surface area contributed by atoms with Crippen LogP contribution < -0.4 is 4.90 Å². The average Bonchev–Trinajstić information content (AvgIpc) is 3.19. The molecule has 0 spiro atoms. The predicted molar refractivity (Wildman–Crippen MR) is 109 cm³/mol. The number of aromatic nitrogens is 4. The number of methoxy groups -OCH3 is 2. The van der Waals surface area contributed by atoms with E-state index in [1.165, 1.54) is 13.2 Å². The molecule has 9 heteroatoms. The topological polar surface area (TPSA) is 82.4 Å². The van der Waals surface area contributed by atoms with Gasteiger partial charge in [-0.05, 0) is 23.8 Å². The average molecular weight is 409 g/mol. The van der Waals surface area contributed by atoms with Crippen molar-refractivity contribution in [2.75, 3.05) is 25.9 Å². The highest BCUT2D eigenvalue weighted by Gasteiger charge is 2.25. The SMILES string of the molecule is COCN1c2cc(Cn3cnc(C=CC(=O)OC)c3)ccc2Sc2nccnc21. The van der Waals surface area contributed by atoms with Gasteiger partial charge in [0.15, 0.2) is 5.82 Å². The Hall–Kier alpha value is -3.17. The molecule has 1 aliphatic rings. The predicted octanol–water partition coefficient (Wildman–Crippen LogP) is 3.11. The number of nitrogens with zero attached hydrogens (tertiary/aromatic N) is 5. The van der Waals surface area contributed by atoms with Gasteiger partial charge in [0.2, 0.25) is 0 Å². The largest absolute Gasteiger partial charge is 0.466 e. The number of hydrogen-bond donors (Lipinski definition) is 0. The first-order chi connectivity index (χ1) is 14.2. The zero-order chi connectivity index (χ0) is 20.2. The maximum Gasteiger partial charge on any atom is 0.330 e. The molecule has 148 valence electrons. The second-order valence-corrected chi connectivity index (χ2v) is 7.29. The van der Waals surface area contributed by atoms with Crippen molar-refractivity contribution in [3.8, 4) is 0 Å². The van der Waals surface area contributed by atoms with Crippen LogP contribution in [0.4, 0.5) is 11.5 Å². The van der Waals surface area contributed by atoms with Crippen LogP contribution in [-0.2, 0) is 20.8 Å². The van der Waals surface area contributed by atoms with Gasteiger partial charge in [-0.15, -0.1) is 0 Å². The Kier molecular flexibility index (Phi) is 5.59. The van der Waals surface area contributed by atoms with Gasteiger partial charge in [0, 0.05) is 43.2 Å². The van der Waals surface area contributed by atoms with Crippen molar-refractivity contribution < 1.29 is 14.3 Å². The van der Waals surface area contributed by atoms with Crippen molar-refractivity contribution in [2.45, 2.75) is 16.5 Å². The lowest BCUT2D eigenvalue weighted by atomic mass is 10.2. The van der Waals surface area contributed by atoms with Crippen LogP contribution in [0, 0.1) is 0 Å². The standard InChI is InChI=1S/C20H19N5O3S/c1-27-13-25-16-9-14(3-5-17(16)29-20-19(25)21-7-8-22-20)10-24-11-15(23-12-24)4-6-18(26)28-2/h3-9,11-12H,10,13H2,1-2H3. The lowest BCUT2D eigenvalue weighted by molar-refractivity contribution is -0.134. The Morgan fingerprint density at radius 2 is 2.07 bits per heavy atom. The molecular weight excluding hydrogens is 390 g/mol. The third kappa shape index (κ3) is 4.15. The summed E-state index contributed by atoms with van der Waals surface area (Å²) in [6, 6.07) is 6.30. The van der Waals surface area contributed by atoms with E-state index in [4.69, 9.17) is 4.74 Å². The normalized spacial score (nSPS) is 12.7. The Bertz CT molecular complexity index is 1070. The number of benzene rings is 1. The first kappa shape index (κ1) is 19.2. The summed E-state index contributed by atoms with van der Waals surface area (Å²) in [7, 11) is 3.01. The van der Waals surface area contributed by atoms with E-state index in [1.807, 2.05) is 15.7 Å². The Labute approximate surface area is 172 Å². The minimum Gasteiger partial charge on any atom is -0.466 e. The van der Waals surface area contributed by atoms with E-state index in [0.717, 1.165) is 27.0 Å². The quantitative estimate of drug-likeness (QED) is 0.454. The van der Waals surface area contributed by atoms with E-state index in [1.54, 1.807) is 43.7 Å². The van der Waals surface area contributed by atoms with Gasteiger partial charge in [-0.25, -0.2) is 19.7 Å². The van der Waals surface area contributed by atoms with Gasteiger partial charge >= 0.3 is 5.97 Å². The van der Waals surface area contributed by atoms with Gasteiger partial charge in [-0.2, -0.15) is 0 Å². The van der Waals surface area contributed by atoms with Gasteiger partial charge in [-0.3, -0.25) is 4.90 Å². The molecule has 0 saturated carbocycles. The molecule has 0 unspecified atom stereocenters. The lowest BCUT2D eigenvalue weighted by Crippen LogP contribution is -2.24. The summed E-state index contributed by atoms with van der Waals surface area (Å²) in [6.45, 7) is 1.03. The molecular formula is C20H19N5O3S. The fraction of sp³-hybridized carbons (Fsp3) is 0.200. The van der Waals surface area contributed by atoms with E-state index >= 15 is 0 Å². The summed E-state index contributed by atoms with van der Waals surface area (Å²) in [6.07, 6.45) is 9.97. The summed E-state index contributed by atoms with van der Waals surface area (Å²) in [4.78, 5) is 27.6. The van der Waals surface area contributed by atoms with Crippen LogP contribution in [0.1, 0.15) is 11.3 Å². The molecule has 1 aliphatic heterocycles. The molecule has 0 radical (unpaired) electrons. The number of esters is 1. The first-order valence-corrected chi connectivity index (χ1v) is 9.65. The van der Waals surface area contributed by atoms with Gasteiger partial charge in [0.1, 0.15) is 11.8 Å². The molecule has 3 heterocycles. The van der Waals surface area contributed by atoms with Crippen LogP contribution in [0.5, 0.6) is 0 Å². The minimum absolute atomic E-state index is 0.385. The number of ether oxygens (including phenoxy) is 2. The van der Waals surface area contributed by atoms with Crippen LogP contribution in [0.2, 0.25) is 0 Å². The molecule has 29 heavy (non-hydrogen) atoms. The molecule has 0 aliphatic carbocycles. The van der Waals surface area contributed by atoms with Crippen LogP contribution in [0.3, 0.4) is 0 Å². The number of rotatable bonds is 6. The Morgan fingerprint density at radius 1 is 1.21 bits per heavy atom. The summed E-state index contributed by atoms with van der Waals surface area (Å²) < 4.78 is 12.0. The van der Waals surface area contributed by atoms with Gasteiger partial charge < -0.3 is 14.0 Å². The third-order valence-corrected chi connectivity index (χ3v) is 5.34. The smallest absolute Gasteiger partial charge is 0.330 e. The highest BCUT2D eigenvalue weighted by Crippen LogP contribution is 2.46. The molecule has 0 N–H and O–H groups in total. The molecule has 2 aromatic heterocycles. The fourth-order valence-electron chi connectivity index (χ4n) is 2.99. The molecule has 0 atom stereocenters. The third-order valence-electron chi connectivity index (χ3n) is 4.29. The lowest BCUT2D eigenvalue weighted by Gasteiger charge is -2.30. The second kappa shape index (κ2) is 8.46. The number of carbonyl (C=O) groups excluding carboxylic acids is 1. The summed E-state index contributed by atoms with van der Waals surface area (Å²) in [5.74, 6) is 0.384. The van der Waals surface area contributed by atoms with Crippen LogP contribution in [0.15, 0.2) is 59.1 Å². The molecule has 0 bridgehead atoms. The monoisotopic (exact) mass is 409 g/mol. The van der Waals surface area contributed by atoms with E-state index < -0.39 is 5.97 Å². The highest BCUT2D eigenvalue weighted by atomic mass is 32.2. The molecule has 0 fully saturated rings. The minimum atomic E-state index is -0.409. The van der Waals surface area contributed by atoms with Crippen molar-refractivity contribution in [1.29, 1.82) is 0 Å². The van der Waals surface area contributed by atoms with Crippen molar-refractivity contribution in [2.24, 2.45) is 0 Å². The molecule has 4 rings (SSSR count). The second-order valence-electron chi connectivity index (χ2n) is 6.26. The van der Waals surface area contributed by atoms with Crippen molar-refractivity contribution in [1.82, 2.24) is 19.5 Å². The fourth-order valence-corrected chi connectivity index (χ4v) is 3.98. The van der Waals surface area contributed by atoms with E-state index in [-0.39, 0.29) is 0 Å². The molecule has 1 aromatic carbocycles. The molecule has 0 saturated heterocycles. The van der Waals surface area contributed by atoms with E-state index in [9.17, 15) is 4.79 Å². The van der Waals surface area contributed by atoms with Crippen molar-refractivity contribution in [3.05, 3.63) is 60.5 Å². The number of imidazole rings is 1. The van der Waals surface area contributed by atoms with Crippen LogP contribution in [0.25, 0.3) is 6.08 Å². The Balaban J connectivity index is 1.57. The van der Waals surface area contributed by atoms with E-state index in [0.29, 0.717) is 19.0 Å². The molecule has 3 aromatic rings. The first-order valence-electron chi connectivity index (χ1n) is 8.84. The highest BCUT2D eigenvalue weighted by molar-refractivity contribution is 7.99. The van der Waals surface area contributed by atoms with Crippen LogP contribution in [-0.4, -0.2) is 46.4 Å². The number of fused-ring (bicyclic) bond motifs is 2. The zero-order valence-corrected chi connectivity index (χ0v) is 16.8. The summed E-state index contributed by atoms with van der Waals surface area (Å²) in [5.41, 5.74) is 2.83. The summed E-state index contributed by atoms with van der Waals surface area (Å²) >= 11 is 1.60. The zero-order valence-electron chi connectivity index (χ0n) is 16.0. The maximum absolute atomic E-state index is 11.2. The number of hydrogen-bond acceptors (Lipinski definition) is 8. The van der Waals surface area contributed by atoms with E-state index in [2.05, 4.69) is 37.9 Å². The van der Waals surface area contributed by atoms with Crippen LogP contribution >= 0.6 is 11.8 Å². The summed E-state index contributed by atoms with van der Waals surface area (Å²) in [5, 5.41) is 0.862. The van der Waals surface area contributed by atoms with Crippen molar-refractivity contribution in [3.63, 3.8) is 0 Å². The molecule has 0 amide bonds. The van der Waals surface area contributed by atoms with Gasteiger partial charge in [0.25, 0.3) is 0 Å². The van der Waals surface area contributed by atoms with Gasteiger partial charge in [-0.1, -0.05) is 17.8 Å².